The molecule has 0 unspecified atom stereocenters. The van der Waals surface area contributed by atoms with Crippen molar-refractivity contribution in [3.8, 4) is 11.5 Å². The summed E-state index contributed by atoms with van der Waals surface area (Å²) >= 11 is 4.88. The van der Waals surface area contributed by atoms with Gasteiger partial charge >= 0.3 is 0 Å². The number of amidine groups is 1. The Hall–Kier alpha value is -2.25. The Balaban J connectivity index is 1.85. The summed E-state index contributed by atoms with van der Waals surface area (Å²) in [5.41, 5.74) is 2.82. The number of aryl methyl sites for hydroxylation is 1. The van der Waals surface area contributed by atoms with Crippen molar-refractivity contribution in [2.24, 2.45) is 4.99 Å². The standard InChI is InChI=1S/C22H23BrN2O3S/c1-4-10-28-20-17(23)11-15(12-18(20)27-5-2)13-19-21(26)25-22(29-19)24-16-8-6-14(3)7-9-16/h6-9,11-13H,4-5,10H2,1-3H3,(H,24,25,26)/b19-13-. The van der Waals surface area contributed by atoms with Gasteiger partial charge in [-0.05, 0) is 83.9 Å². The molecule has 0 aromatic heterocycles. The summed E-state index contributed by atoms with van der Waals surface area (Å²) < 4.78 is 12.3. The molecular weight excluding hydrogens is 452 g/mol. The van der Waals surface area contributed by atoms with Gasteiger partial charge in [-0.15, -0.1) is 0 Å². The quantitative estimate of drug-likeness (QED) is 0.512. The van der Waals surface area contributed by atoms with E-state index < -0.39 is 0 Å². The van der Waals surface area contributed by atoms with Crippen LogP contribution in [-0.4, -0.2) is 24.3 Å². The van der Waals surface area contributed by atoms with E-state index in [1.165, 1.54) is 17.3 Å². The van der Waals surface area contributed by atoms with Crippen LogP contribution in [0.3, 0.4) is 0 Å². The average molecular weight is 475 g/mol. The van der Waals surface area contributed by atoms with E-state index in [1.807, 2.05) is 56.3 Å². The van der Waals surface area contributed by atoms with E-state index in [4.69, 9.17) is 9.47 Å². The SMILES string of the molecule is CCCOc1c(Br)cc(/C=C2\SC(=Nc3ccc(C)cc3)NC2=O)cc1OCC. The van der Waals surface area contributed by atoms with Crippen molar-refractivity contribution in [1.29, 1.82) is 0 Å². The Morgan fingerprint density at radius 1 is 1.17 bits per heavy atom. The van der Waals surface area contributed by atoms with Gasteiger partial charge < -0.3 is 14.8 Å². The van der Waals surface area contributed by atoms with E-state index >= 15 is 0 Å². The van der Waals surface area contributed by atoms with Crippen molar-refractivity contribution in [3.05, 3.63) is 56.9 Å². The number of ether oxygens (including phenoxy) is 2. The molecule has 3 rings (SSSR count). The lowest BCUT2D eigenvalue weighted by atomic mass is 10.2. The number of carbonyl (C=O) groups excluding carboxylic acids is 1. The molecule has 1 N–H and O–H groups in total. The first-order valence-corrected chi connectivity index (χ1v) is 11.1. The highest BCUT2D eigenvalue weighted by Gasteiger charge is 2.24. The molecule has 1 heterocycles. The second kappa shape index (κ2) is 9.98. The number of aliphatic imine (C=N–C) groups is 1. The summed E-state index contributed by atoms with van der Waals surface area (Å²) in [5, 5.41) is 3.39. The molecule has 1 fully saturated rings. The summed E-state index contributed by atoms with van der Waals surface area (Å²) in [7, 11) is 0. The zero-order valence-corrected chi connectivity index (χ0v) is 19.0. The van der Waals surface area contributed by atoms with Gasteiger partial charge in [-0.2, -0.15) is 0 Å². The highest BCUT2D eigenvalue weighted by atomic mass is 79.9. The number of thioether (sulfide) groups is 1. The molecule has 2 aromatic carbocycles. The molecule has 0 radical (unpaired) electrons. The summed E-state index contributed by atoms with van der Waals surface area (Å²) in [4.78, 5) is 17.5. The van der Waals surface area contributed by atoms with Crippen LogP contribution >= 0.6 is 27.7 Å². The van der Waals surface area contributed by atoms with Gasteiger partial charge in [0, 0.05) is 0 Å². The minimum atomic E-state index is -0.166. The summed E-state index contributed by atoms with van der Waals surface area (Å²) in [5.74, 6) is 1.17. The number of hydrogen-bond acceptors (Lipinski definition) is 5. The third kappa shape index (κ3) is 5.64. The second-order valence-electron chi connectivity index (χ2n) is 6.43. The van der Waals surface area contributed by atoms with E-state index in [1.54, 1.807) is 0 Å². The van der Waals surface area contributed by atoms with Crippen molar-refractivity contribution in [1.82, 2.24) is 5.32 Å². The van der Waals surface area contributed by atoms with Crippen molar-refractivity contribution >= 4 is 50.5 Å². The third-order valence-corrected chi connectivity index (χ3v) is 5.49. The summed E-state index contributed by atoms with van der Waals surface area (Å²) in [6.07, 6.45) is 2.73. The van der Waals surface area contributed by atoms with Crippen LogP contribution in [-0.2, 0) is 4.79 Å². The fraction of sp³-hybridized carbons (Fsp3) is 0.273. The molecule has 1 saturated heterocycles. The van der Waals surface area contributed by atoms with Gasteiger partial charge in [0.15, 0.2) is 16.7 Å². The van der Waals surface area contributed by atoms with E-state index in [0.717, 1.165) is 22.1 Å². The van der Waals surface area contributed by atoms with E-state index in [-0.39, 0.29) is 5.91 Å². The maximum atomic E-state index is 12.4. The molecule has 1 aliphatic rings. The fourth-order valence-electron chi connectivity index (χ4n) is 2.65. The predicted octanol–water partition coefficient (Wildman–Crippen LogP) is 5.84. The number of hydrogen-bond donors (Lipinski definition) is 1. The first-order chi connectivity index (χ1) is 14.0. The van der Waals surface area contributed by atoms with Crippen LogP contribution in [0.2, 0.25) is 0 Å². The van der Waals surface area contributed by atoms with Crippen LogP contribution < -0.4 is 14.8 Å². The minimum absolute atomic E-state index is 0.166. The Morgan fingerprint density at radius 2 is 1.93 bits per heavy atom. The molecule has 1 amide bonds. The van der Waals surface area contributed by atoms with Gasteiger partial charge in [-0.3, -0.25) is 4.79 Å². The van der Waals surface area contributed by atoms with Crippen molar-refractivity contribution in [3.63, 3.8) is 0 Å². The highest BCUT2D eigenvalue weighted by Crippen LogP contribution is 2.38. The molecule has 5 nitrogen and oxygen atoms in total. The van der Waals surface area contributed by atoms with Gasteiger partial charge in [0.05, 0.1) is 28.3 Å². The zero-order chi connectivity index (χ0) is 20.8. The molecule has 0 saturated carbocycles. The molecule has 152 valence electrons. The molecule has 7 heteroatoms. The topological polar surface area (TPSA) is 59.9 Å². The van der Waals surface area contributed by atoms with Gasteiger partial charge in [0.2, 0.25) is 0 Å². The number of carbonyl (C=O) groups is 1. The van der Waals surface area contributed by atoms with E-state index in [9.17, 15) is 4.79 Å². The first-order valence-electron chi connectivity index (χ1n) is 9.45. The summed E-state index contributed by atoms with van der Waals surface area (Å²) in [6.45, 7) is 7.14. The molecule has 1 aliphatic heterocycles. The number of benzene rings is 2. The van der Waals surface area contributed by atoms with Crippen molar-refractivity contribution in [2.75, 3.05) is 13.2 Å². The van der Waals surface area contributed by atoms with Crippen LogP contribution in [0.15, 0.2) is 50.8 Å². The van der Waals surface area contributed by atoms with Crippen LogP contribution in [0, 0.1) is 6.92 Å². The lowest BCUT2D eigenvalue weighted by Crippen LogP contribution is -2.19. The number of rotatable bonds is 7. The Labute approximate surface area is 183 Å². The summed E-state index contributed by atoms with van der Waals surface area (Å²) in [6, 6.07) is 11.6. The van der Waals surface area contributed by atoms with Crippen molar-refractivity contribution < 1.29 is 14.3 Å². The monoisotopic (exact) mass is 474 g/mol. The Morgan fingerprint density at radius 3 is 2.62 bits per heavy atom. The van der Waals surface area contributed by atoms with E-state index in [0.29, 0.717) is 34.8 Å². The Kier molecular flexibility index (Phi) is 7.39. The maximum Gasteiger partial charge on any atom is 0.264 e. The third-order valence-electron chi connectivity index (χ3n) is 4.00. The van der Waals surface area contributed by atoms with Crippen LogP contribution in [0.25, 0.3) is 6.08 Å². The highest BCUT2D eigenvalue weighted by molar-refractivity contribution is 9.10. The molecular formula is C22H23BrN2O3S. The van der Waals surface area contributed by atoms with Crippen molar-refractivity contribution in [2.45, 2.75) is 27.2 Å². The molecule has 0 aliphatic carbocycles. The largest absolute Gasteiger partial charge is 0.490 e. The molecule has 0 bridgehead atoms. The second-order valence-corrected chi connectivity index (χ2v) is 8.31. The maximum absolute atomic E-state index is 12.4. The Bertz CT molecular complexity index is 955. The number of nitrogens with zero attached hydrogens (tertiary/aromatic N) is 1. The van der Waals surface area contributed by atoms with Gasteiger partial charge in [-0.25, -0.2) is 4.99 Å². The van der Waals surface area contributed by atoms with Crippen LogP contribution in [0.1, 0.15) is 31.4 Å². The normalized spacial score (nSPS) is 16.3. The van der Waals surface area contributed by atoms with Crippen LogP contribution in [0.5, 0.6) is 11.5 Å². The molecule has 29 heavy (non-hydrogen) atoms. The molecule has 0 atom stereocenters. The smallest absolute Gasteiger partial charge is 0.264 e. The van der Waals surface area contributed by atoms with Crippen LogP contribution in [0.4, 0.5) is 5.69 Å². The lowest BCUT2D eigenvalue weighted by Gasteiger charge is -2.14. The lowest BCUT2D eigenvalue weighted by molar-refractivity contribution is -0.115. The molecule has 0 spiro atoms. The van der Waals surface area contributed by atoms with E-state index in [2.05, 4.69) is 33.2 Å². The van der Waals surface area contributed by atoms with Gasteiger partial charge in [0.25, 0.3) is 5.91 Å². The first kappa shape index (κ1) is 21.5. The van der Waals surface area contributed by atoms with Gasteiger partial charge in [-0.1, -0.05) is 24.6 Å². The zero-order valence-electron chi connectivity index (χ0n) is 16.6. The number of amides is 1. The molecule has 2 aromatic rings. The number of halogens is 1. The van der Waals surface area contributed by atoms with Gasteiger partial charge in [0.1, 0.15) is 0 Å². The fourth-order valence-corrected chi connectivity index (χ4v) is 4.06. The number of nitrogens with one attached hydrogen (secondary N) is 1. The average Bonchev–Trinajstić information content (AvgIpc) is 3.02. The minimum Gasteiger partial charge on any atom is -0.490 e. The predicted molar refractivity (Wildman–Crippen MR) is 123 cm³/mol.